The van der Waals surface area contributed by atoms with Crippen LogP contribution in [0.4, 0.5) is 5.69 Å². The molecule has 8 heteroatoms. The van der Waals surface area contributed by atoms with Gasteiger partial charge >= 0.3 is 0 Å². The Kier molecular flexibility index (Phi) is 4.66. The van der Waals surface area contributed by atoms with Crippen LogP contribution in [-0.2, 0) is 0 Å². The maximum atomic E-state index is 11.9. The molecule has 1 heterocycles. The molecule has 108 valence electrons. The molecule has 0 aliphatic rings. The summed E-state index contributed by atoms with van der Waals surface area (Å²) in [6, 6.07) is 7.59. The van der Waals surface area contributed by atoms with Gasteiger partial charge in [0.05, 0.1) is 10.6 Å². The van der Waals surface area contributed by atoms with Crippen molar-refractivity contribution in [1.82, 2.24) is 5.43 Å². The molecule has 0 saturated heterocycles. The van der Waals surface area contributed by atoms with Crippen molar-refractivity contribution < 1.29 is 9.72 Å². The smallest absolute Gasteiger partial charge is 0.267 e. The first kappa shape index (κ1) is 15.1. The quantitative estimate of drug-likeness (QED) is 0.531. The molecule has 0 aliphatic carbocycles. The Balaban J connectivity index is 2.16. The highest BCUT2D eigenvalue weighted by Crippen LogP contribution is 2.25. The van der Waals surface area contributed by atoms with E-state index in [1.54, 1.807) is 6.92 Å². The number of carbonyl (C=O) groups excluding carboxylic acids is 1. The van der Waals surface area contributed by atoms with Gasteiger partial charge in [-0.1, -0.05) is 17.7 Å². The molecule has 2 aromatic rings. The topological polar surface area (TPSA) is 84.6 Å². The number of halogens is 1. The lowest BCUT2D eigenvalue weighted by Crippen LogP contribution is -2.19. The van der Waals surface area contributed by atoms with Crippen LogP contribution >= 0.6 is 22.9 Å². The highest BCUT2D eigenvalue weighted by molar-refractivity contribution is 7.12. The van der Waals surface area contributed by atoms with E-state index < -0.39 is 10.8 Å². The molecule has 0 fully saturated rings. The van der Waals surface area contributed by atoms with E-state index in [-0.39, 0.29) is 16.3 Å². The minimum atomic E-state index is -0.640. The number of thiophene rings is 1. The summed E-state index contributed by atoms with van der Waals surface area (Å²) in [4.78, 5) is 23.0. The number of hydrogen-bond donors (Lipinski definition) is 1. The molecule has 0 radical (unpaired) electrons. The van der Waals surface area contributed by atoms with Gasteiger partial charge in [-0.2, -0.15) is 5.10 Å². The molecule has 0 aliphatic heterocycles. The van der Waals surface area contributed by atoms with Gasteiger partial charge in [-0.15, -0.1) is 11.3 Å². The minimum Gasteiger partial charge on any atom is -0.267 e. The number of nitro benzene ring substituents is 1. The van der Waals surface area contributed by atoms with Crippen LogP contribution in [0.5, 0.6) is 0 Å². The molecule has 2 rings (SSSR count). The number of hydrazone groups is 1. The van der Waals surface area contributed by atoms with E-state index in [0.717, 1.165) is 10.9 Å². The lowest BCUT2D eigenvalue weighted by Gasteiger charge is -2.02. The highest BCUT2D eigenvalue weighted by Gasteiger charge is 2.16. The number of rotatable bonds is 4. The minimum absolute atomic E-state index is 0.0187. The van der Waals surface area contributed by atoms with E-state index in [0.29, 0.717) is 5.71 Å². The van der Waals surface area contributed by atoms with Crippen LogP contribution in [0.1, 0.15) is 22.2 Å². The van der Waals surface area contributed by atoms with Crippen molar-refractivity contribution >= 4 is 40.2 Å². The fourth-order valence-corrected chi connectivity index (χ4v) is 2.40. The van der Waals surface area contributed by atoms with Crippen LogP contribution < -0.4 is 5.43 Å². The van der Waals surface area contributed by atoms with Crippen LogP contribution in [0.25, 0.3) is 0 Å². The molecule has 6 nitrogen and oxygen atoms in total. The van der Waals surface area contributed by atoms with E-state index in [9.17, 15) is 14.9 Å². The monoisotopic (exact) mass is 323 g/mol. The van der Waals surface area contributed by atoms with Crippen molar-refractivity contribution in [3.63, 3.8) is 0 Å². The Morgan fingerprint density at radius 3 is 2.81 bits per heavy atom. The van der Waals surface area contributed by atoms with E-state index in [2.05, 4.69) is 10.5 Å². The van der Waals surface area contributed by atoms with Gasteiger partial charge in [-0.25, -0.2) is 5.43 Å². The predicted molar refractivity (Wildman–Crippen MR) is 82.1 cm³/mol. The summed E-state index contributed by atoms with van der Waals surface area (Å²) in [5, 5.41) is 16.6. The van der Waals surface area contributed by atoms with E-state index >= 15 is 0 Å². The predicted octanol–water partition coefficient (Wildman–Crippen LogP) is 3.46. The van der Waals surface area contributed by atoms with Crippen LogP contribution in [-0.4, -0.2) is 16.5 Å². The van der Waals surface area contributed by atoms with E-state index in [1.807, 2.05) is 17.5 Å². The lowest BCUT2D eigenvalue weighted by atomic mass is 10.2. The first-order chi connectivity index (χ1) is 9.99. The third-order valence-corrected chi connectivity index (χ3v) is 3.91. The third kappa shape index (κ3) is 3.65. The van der Waals surface area contributed by atoms with E-state index in [1.165, 1.54) is 23.5 Å². The summed E-state index contributed by atoms with van der Waals surface area (Å²) >= 11 is 7.19. The van der Waals surface area contributed by atoms with Crippen LogP contribution in [0, 0.1) is 10.1 Å². The molecular formula is C13H10ClN3O3S. The SMILES string of the molecule is C/C(=N\NC(=O)c1ccc(Cl)c([N+](=O)[O-])c1)c1cccs1. The molecule has 0 saturated carbocycles. The highest BCUT2D eigenvalue weighted by atomic mass is 35.5. The van der Waals surface area contributed by atoms with Gasteiger partial charge in [0.25, 0.3) is 11.6 Å². The molecule has 1 amide bonds. The number of carbonyl (C=O) groups is 1. The zero-order valence-electron chi connectivity index (χ0n) is 10.9. The number of nitro groups is 1. The molecule has 0 atom stereocenters. The molecule has 0 bridgehead atoms. The lowest BCUT2D eigenvalue weighted by molar-refractivity contribution is -0.384. The van der Waals surface area contributed by atoms with Gasteiger partial charge in [-0.05, 0) is 30.5 Å². The van der Waals surface area contributed by atoms with Gasteiger partial charge in [0, 0.05) is 16.5 Å². The molecule has 1 N–H and O–H groups in total. The normalized spacial score (nSPS) is 11.2. The number of hydrogen-bond acceptors (Lipinski definition) is 5. The van der Waals surface area contributed by atoms with Crippen molar-refractivity contribution in [2.45, 2.75) is 6.92 Å². The summed E-state index contributed by atoms with van der Waals surface area (Å²) in [5.41, 5.74) is 2.82. The fourth-order valence-electron chi connectivity index (χ4n) is 1.53. The second-order valence-electron chi connectivity index (χ2n) is 4.04. The van der Waals surface area contributed by atoms with Crippen molar-refractivity contribution in [1.29, 1.82) is 0 Å². The van der Waals surface area contributed by atoms with Gasteiger partial charge in [-0.3, -0.25) is 14.9 Å². The number of nitrogens with one attached hydrogen (secondary N) is 1. The van der Waals surface area contributed by atoms with Crippen molar-refractivity contribution in [2.24, 2.45) is 5.10 Å². The second kappa shape index (κ2) is 6.47. The van der Waals surface area contributed by atoms with Gasteiger partial charge < -0.3 is 0 Å². The molecule has 1 aromatic heterocycles. The van der Waals surface area contributed by atoms with Gasteiger partial charge in [0.2, 0.25) is 0 Å². The number of amides is 1. The average molecular weight is 324 g/mol. The van der Waals surface area contributed by atoms with Gasteiger partial charge in [0.1, 0.15) is 5.02 Å². The van der Waals surface area contributed by atoms with E-state index in [4.69, 9.17) is 11.6 Å². The molecular weight excluding hydrogens is 314 g/mol. The number of benzene rings is 1. The summed E-state index contributed by atoms with van der Waals surface area (Å²) < 4.78 is 0. The van der Waals surface area contributed by atoms with Gasteiger partial charge in [0.15, 0.2) is 0 Å². The molecule has 0 unspecified atom stereocenters. The Morgan fingerprint density at radius 2 is 2.19 bits per heavy atom. The molecule has 21 heavy (non-hydrogen) atoms. The van der Waals surface area contributed by atoms with Crippen molar-refractivity contribution in [3.05, 3.63) is 61.3 Å². The van der Waals surface area contributed by atoms with Crippen molar-refractivity contribution in [2.75, 3.05) is 0 Å². The number of nitrogens with zero attached hydrogens (tertiary/aromatic N) is 2. The zero-order chi connectivity index (χ0) is 15.4. The third-order valence-electron chi connectivity index (χ3n) is 2.61. The first-order valence-electron chi connectivity index (χ1n) is 5.81. The zero-order valence-corrected chi connectivity index (χ0v) is 12.4. The largest absolute Gasteiger partial charge is 0.288 e. The summed E-state index contributed by atoms with van der Waals surface area (Å²) in [6.45, 7) is 1.76. The Labute approximate surface area is 129 Å². The summed E-state index contributed by atoms with van der Waals surface area (Å²) in [7, 11) is 0. The standard InChI is InChI=1S/C13H10ClN3O3S/c1-8(12-3-2-6-21-12)15-16-13(18)9-4-5-10(14)11(7-9)17(19)20/h2-7H,1H3,(H,16,18)/b15-8+. The Hall–Kier alpha value is -2.25. The van der Waals surface area contributed by atoms with Crippen LogP contribution in [0.3, 0.4) is 0 Å². The molecule has 1 aromatic carbocycles. The summed E-state index contributed by atoms with van der Waals surface area (Å²) in [5.74, 6) is -0.536. The second-order valence-corrected chi connectivity index (χ2v) is 5.39. The Bertz CT molecular complexity index is 713. The first-order valence-corrected chi connectivity index (χ1v) is 7.07. The Morgan fingerprint density at radius 1 is 1.43 bits per heavy atom. The fraction of sp³-hybridized carbons (Fsp3) is 0.0769. The maximum Gasteiger partial charge on any atom is 0.288 e. The maximum absolute atomic E-state index is 11.9. The average Bonchev–Trinajstić information content (AvgIpc) is 2.98. The molecule has 0 spiro atoms. The summed E-state index contributed by atoms with van der Waals surface area (Å²) in [6.07, 6.45) is 0. The van der Waals surface area contributed by atoms with Crippen molar-refractivity contribution in [3.8, 4) is 0 Å². The van der Waals surface area contributed by atoms with Crippen LogP contribution in [0.15, 0.2) is 40.8 Å². The van der Waals surface area contributed by atoms with Crippen LogP contribution in [0.2, 0.25) is 5.02 Å².